The summed E-state index contributed by atoms with van der Waals surface area (Å²) in [6, 6.07) is 8.91. The molecule has 1 aromatic carbocycles. The van der Waals surface area contributed by atoms with Crippen LogP contribution >= 0.6 is 12.2 Å². The van der Waals surface area contributed by atoms with E-state index in [-0.39, 0.29) is 17.2 Å². The van der Waals surface area contributed by atoms with Gasteiger partial charge in [0.15, 0.2) is 5.78 Å². The van der Waals surface area contributed by atoms with Crippen LogP contribution in [0.25, 0.3) is 0 Å². The van der Waals surface area contributed by atoms with Crippen LogP contribution in [-0.4, -0.2) is 21.5 Å². The monoisotopic (exact) mass is 352 g/mol. The smallest absolute Gasteiger partial charge is 0.254 e. The van der Waals surface area contributed by atoms with Crippen LogP contribution in [-0.2, 0) is 4.79 Å². The largest absolute Gasteiger partial charge is 0.438 e. The van der Waals surface area contributed by atoms with Crippen LogP contribution in [0.15, 0.2) is 48.7 Å². The molecule has 1 amide bonds. The number of rotatable bonds is 4. The highest BCUT2D eigenvalue weighted by molar-refractivity contribution is 7.82. The van der Waals surface area contributed by atoms with E-state index < -0.39 is 11.8 Å². The van der Waals surface area contributed by atoms with Crippen LogP contribution in [0, 0.1) is 6.92 Å². The maximum Gasteiger partial charge on any atom is 0.254 e. The zero-order valence-electron chi connectivity index (χ0n) is 13.6. The standard InChI is InChI=1S/C19H16N2O3S/c1-11-5-7-12(8-6-11)24-19-16(18(20)23)13(9-10-21-19)14-3-2-4-15(25)17(14)22/h2-3,5-10,14H,4H2,1H3,(H2,20,23). The van der Waals surface area contributed by atoms with Gasteiger partial charge in [-0.25, -0.2) is 4.98 Å². The molecular formula is C19H16N2O3S. The Hall–Kier alpha value is -2.86. The number of nitrogens with zero attached hydrogens (tertiary/aromatic N) is 1. The summed E-state index contributed by atoms with van der Waals surface area (Å²) in [6.45, 7) is 1.96. The number of hydrogen-bond acceptors (Lipinski definition) is 5. The van der Waals surface area contributed by atoms with Crippen LogP contribution in [0.3, 0.4) is 0 Å². The molecular weight excluding hydrogens is 336 g/mol. The van der Waals surface area contributed by atoms with E-state index in [4.69, 9.17) is 22.7 Å². The Bertz CT molecular complexity index is 888. The summed E-state index contributed by atoms with van der Waals surface area (Å²) in [4.78, 5) is 28.9. The molecule has 0 aliphatic heterocycles. The van der Waals surface area contributed by atoms with Crippen molar-refractivity contribution in [1.82, 2.24) is 4.98 Å². The van der Waals surface area contributed by atoms with Crippen LogP contribution in [0.2, 0.25) is 0 Å². The molecule has 2 N–H and O–H groups in total. The number of aryl methyl sites for hydroxylation is 1. The Kier molecular flexibility index (Phi) is 4.72. The molecule has 1 atom stereocenters. The van der Waals surface area contributed by atoms with E-state index in [0.717, 1.165) is 5.56 Å². The molecule has 3 rings (SSSR count). The van der Waals surface area contributed by atoms with Gasteiger partial charge in [0, 0.05) is 12.6 Å². The number of amides is 1. The molecule has 0 fully saturated rings. The first-order chi connectivity index (χ1) is 12.0. The first-order valence-corrected chi connectivity index (χ1v) is 8.15. The molecule has 1 aliphatic carbocycles. The van der Waals surface area contributed by atoms with Gasteiger partial charge in [-0.15, -0.1) is 0 Å². The number of nitrogens with two attached hydrogens (primary N) is 1. The lowest BCUT2D eigenvalue weighted by Crippen LogP contribution is -2.25. The molecule has 6 heteroatoms. The van der Waals surface area contributed by atoms with Crippen molar-refractivity contribution in [3.8, 4) is 11.6 Å². The van der Waals surface area contributed by atoms with Crippen molar-refractivity contribution >= 4 is 28.8 Å². The Labute approximate surface area is 150 Å². The number of Topliss-reactive ketones (excluding diaryl/α,β-unsaturated/α-hetero) is 1. The van der Waals surface area contributed by atoms with Gasteiger partial charge in [0.2, 0.25) is 5.88 Å². The van der Waals surface area contributed by atoms with Crippen LogP contribution in [0.1, 0.15) is 33.8 Å². The van der Waals surface area contributed by atoms with Gasteiger partial charge >= 0.3 is 0 Å². The van der Waals surface area contributed by atoms with E-state index in [1.807, 2.05) is 25.1 Å². The molecule has 1 heterocycles. The molecule has 0 saturated carbocycles. The molecule has 5 nitrogen and oxygen atoms in total. The predicted molar refractivity (Wildman–Crippen MR) is 98.1 cm³/mol. The van der Waals surface area contributed by atoms with Gasteiger partial charge in [0.1, 0.15) is 11.3 Å². The summed E-state index contributed by atoms with van der Waals surface area (Å²) in [7, 11) is 0. The highest BCUT2D eigenvalue weighted by Gasteiger charge is 2.29. The Morgan fingerprint density at radius 3 is 2.68 bits per heavy atom. The summed E-state index contributed by atoms with van der Waals surface area (Å²) in [6.07, 6.45) is 5.48. The lowest BCUT2D eigenvalue weighted by Gasteiger charge is -2.19. The quantitative estimate of drug-likeness (QED) is 0.674. The van der Waals surface area contributed by atoms with Crippen molar-refractivity contribution in [1.29, 1.82) is 0 Å². The first kappa shape index (κ1) is 17.0. The van der Waals surface area contributed by atoms with E-state index in [1.165, 1.54) is 6.20 Å². The number of primary amides is 1. The molecule has 0 bridgehead atoms. The number of aromatic nitrogens is 1. The topological polar surface area (TPSA) is 82.3 Å². The van der Waals surface area contributed by atoms with Gasteiger partial charge in [0.25, 0.3) is 5.91 Å². The molecule has 0 saturated heterocycles. The normalized spacial score (nSPS) is 16.8. The Balaban J connectivity index is 2.05. The van der Waals surface area contributed by atoms with E-state index >= 15 is 0 Å². The molecule has 1 aliphatic rings. The summed E-state index contributed by atoms with van der Waals surface area (Å²) >= 11 is 5.10. The minimum absolute atomic E-state index is 0.0755. The molecule has 126 valence electrons. The number of ketones is 1. The number of allylic oxidation sites excluding steroid dienone is 2. The van der Waals surface area contributed by atoms with Gasteiger partial charge in [-0.05, 0) is 30.7 Å². The van der Waals surface area contributed by atoms with Gasteiger partial charge in [-0.1, -0.05) is 42.1 Å². The third kappa shape index (κ3) is 3.49. The van der Waals surface area contributed by atoms with Gasteiger partial charge in [0.05, 0.1) is 10.8 Å². The fourth-order valence-electron chi connectivity index (χ4n) is 2.68. The average molecular weight is 352 g/mol. The lowest BCUT2D eigenvalue weighted by atomic mass is 9.86. The number of ether oxygens (including phenoxy) is 1. The van der Waals surface area contributed by atoms with E-state index in [9.17, 15) is 9.59 Å². The minimum atomic E-state index is -0.706. The van der Waals surface area contributed by atoms with Crippen molar-refractivity contribution in [2.75, 3.05) is 0 Å². The van der Waals surface area contributed by atoms with Crippen molar-refractivity contribution in [3.63, 3.8) is 0 Å². The molecule has 0 radical (unpaired) electrons. The summed E-state index contributed by atoms with van der Waals surface area (Å²) in [5, 5.41) is 0. The van der Waals surface area contributed by atoms with Crippen LogP contribution in [0.4, 0.5) is 0 Å². The zero-order chi connectivity index (χ0) is 18.0. The molecule has 1 unspecified atom stereocenters. The number of benzene rings is 1. The highest BCUT2D eigenvalue weighted by Crippen LogP contribution is 2.32. The van der Waals surface area contributed by atoms with Gasteiger partial charge < -0.3 is 10.5 Å². The van der Waals surface area contributed by atoms with E-state index in [0.29, 0.717) is 22.6 Å². The predicted octanol–water partition coefficient (Wildman–Crippen LogP) is 3.26. The average Bonchev–Trinajstić information content (AvgIpc) is 2.59. The van der Waals surface area contributed by atoms with E-state index in [1.54, 1.807) is 24.3 Å². The van der Waals surface area contributed by atoms with Crippen molar-refractivity contribution in [3.05, 3.63) is 65.4 Å². The molecule has 0 spiro atoms. The van der Waals surface area contributed by atoms with Gasteiger partial charge in [-0.3, -0.25) is 9.59 Å². The van der Waals surface area contributed by atoms with Crippen LogP contribution < -0.4 is 10.5 Å². The summed E-state index contributed by atoms with van der Waals surface area (Å²) < 4.78 is 5.74. The first-order valence-electron chi connectivity index (χ1n) is 7.74. The second-order valence-electron chi connectivity index (χ2n) is 5.76. The third-order valence-corrected chi connectivity index (χ3v) is 4.32. The number of pyridine rings is 1. The van der Waals surface area contributed by atoms with Crippen LogP contribution in [0.5, 0.6) is 11.6 Å². The molecule has 25 heavy (non-hydrogen) atoms. The lowest BCUT2D eigenvalue weighted by molar-refractivity contribution is -0.113. The maximum absolute atomic E-state index is 12.4. The number of carbonyl (C=O) groups excluding carboxylic acids is 2. The number of hydrogen-bond donors (Lipinski definition) is 1. The second kappa shape index (κ2) is 6.94. The summed E-state index contributed by atoms with van der Waals surface area (Å²) in [5.41, 5.74) is 7.18. The Morgan fingerprint density at radius 1 is 1.28 bits per heavy atom. The minimum Gasteiger partial charge on any atom is -0.438 e. The van der Waals surface area contributed by atoms with Crippen molar-refractivity contribution in [2.45, 2.75) is 19.3 Å². The van der Waals surface area contributed by atoms with Crippen molar-refractivity contribution in [2.24, 2.45) is 5.73 Å². The number of thiocarbonyl (C=S) groups is 1. The second-order valence-corrected chi connectivity index (χ2v) is 6.25. The highest BCUT2D eigenvalue weighted by atomic mass is 32.1. The maximum atomic E-state index is 12.4. The van der Waals surface area contributed by atoms with Gasteiger partial charge in [-0.2, -0.15) is 0 Å². The molecule has 1 aromatic heterocycles. The third-order valence-electron chi connectivity index (χ3n) is 3.95. The molecule has 2 aromatic rings. The zero-order valence-corrected chi connectivity index (χ0v) is 14.4. The van der Waals surface area contributed by atoms with E-state index in [2.05, 4.69) is 4.98 Å². The fraction of sp³-hybridized carbons (Fsp3) is 0.158. The SMILES string of the molecule is Cc1ccc(Oc2nccc(C3C=CCC(=S)C3=O)c2C(N)=O)cc1. The van der Waals surface area contributed by atoms with Crippen molar-refractivity contribution < 1.29 is 14.3 Å². The number of carbonyl (C=O) groups is 2. The fourth-order valence-corrected chi connectivity index (χ4v) is 2.90. The Morgan fingerprint density at radius 2 is 2.00 bits per heavy atom. The summed E-state index contributed by atoms with van der Waals surface area (Å²) in [5.74, 6) is -0.951.